The molecule has 2 heterocycles. The average Bonchev–Trinajstić information content (AvgIpc) is 2.91. The maximum Gasteiger partial charge on any atom is 0.144 e. The van der Waals surface area contributed by atoms with E-state index < -0.39 is 0 Å². The second-order valence-corrected chi connectivity index (χ2v) is 4.74. The standard InChI is InChI=1S/C14H10FN3S/c15-10-4-6-11(7-5-10)17-13-9-19-14(18-13)12-3-1-2-8-16-12/h1-9,17H. The monoisotopic (exact) mass is 271 g/mol. The van der Waals surface area contributed by atoms with Crippen molar-refractivity contribution in [1.29, 1.82) is 0 Å². The van der Waals surface area contributed by atoms with Gasteiger partial charge in [-0.25, -0.2) is 9.37 Å². The molecule has 0 spiro atoms. The lowest BCUT2D eigenvalue weighted by Crippen LogP contribution is -1.90. The van der Waals surface area contributed by atoms with E-state index in [9.17, 15) is 4.39 Å². The van der Waals surface area contributed by atoms with Crippen molar-refractivity contribution in [1.82, 2.24) is 9.97 Å². The molecule has 0 radical (unpaired) electrons. The van der Waals surface area contributed by atoms with Gasteiger partial charge in [0.2, 0.25) is 0 Å². The normalized spacial score (nSPS) is 10.4. The first kappa shape index (κ1) is 11.8. The molecule has 5 heteroatoms. The summed E-state index contributed by atoms with van der Waals surface area (Å²) in [5, 5.41) is 5.89. The zero-order valence-electron chi connectivity index (χ0n) is 9.88. The fourth-order valence-corrected chi connectivity index (χ4v) is 2.35. The largest absolute Gasteiger partial charge is 0.340 e. The number of aromatic nitrogens is 2. The summed E-state index contributed by atoms with van der Waals surface area (Å²) in [7, 11) is 0. The molecule has 2 aromatic heterocycles. The molecule has 0 aliphatic heterocycles. The van der Waals surface area contributed by atoms with Crippen LogP contribution >= 0.6 is 11.3 Å². The van der Waals surface area contributed by atoms with Crippen LogP contribution in [-0.2, 0) is 0 Å². The van der Waals surface area contributed by atoms with Gasteiger partial charge in [-0.05, 0) is 36.4 Å². The third-order valence-corrected chi connectivity index (χ3v) is 3.37. The van der Waals surface area contributed by atoms with Gasteiger partial charge in [-0.1, -0.05) is 6.07 Å². The molecular weight excluding hydrogens is 261 g/mol. The van der Waals surface area contributed by atoms with Crippen LogP contribution in [0.5, 0.6) is 0 Å². The van der Waals surface area contributed by atoms with Crippen LogP contribution in [0.3, 0.4) is 0 Å². The van der Waals surface area contributed by atoms with Gasteiger partial charge in [0.05, 0.1) is 5.69 Å². The van der Waals surface area contributed by atoms with Crippen LogP contribution in [0.4, 0.5) is 15.9 Å². The van der Waals surface area contributed by atoms with Gasteiger partial charge in [-0.2, -0.15) is 0 Å². The highest BCUT2D eigenvalue weighted by molar-refractivity contribution is 7.13. The van der Waals surface area contributed by atoms with Crippen molar-refractivity contribution in [3.05, 3.63) is 59.9 Å². The van der Waals surface area contributed by atoms with Gasteiger partial charge in [0, 0.05) is 17.3 Å². The molecule has 0 bridgehead atoms. The van der Waals surface area contributed by atoms with Gasteiger partial charge in [0.1, 0.15) is 16.6 Å². The van der Waals surface area contributed by atoms with E-state index >= 15 is 0 Å². The van der Waals surface area contributed by atoms with Gasteiger partial charge in [0.25, 0.3) is 0 Å². The second-order valence-electron chi connectivity index (χ2n) is 3.88. The van der Waals surface area contributed by atoms with Crippen LogP contribution in [0, 0.1) is 5.82 Å². The number of nitrogens with one attached hydrogen (secondary N) is 1. The van der Waals surface area contributed by atoms with Crippen molar-refractivity contribution < 1.29 is 4.39 Å². The number of thiazole rings is 1. The molecule has 0 atom stereocenters. The molecular formula is C14H10FN3S. The highest BCUT2D eigenvalue weighted by Crippen LogP contribution is 2.25. The number of pyridine rings is 1. The number of nitrogens with zero attached hydrogens (tertiary/aromatic N) is 2. The summed E-state index contributed by atoms with van der Waals surface area (Å²) in [4.78, 5) is 8.70. The predicted octanol–water partition coefficient (Wildman–Crippen LogP) is 4.09. The Bertz CT molecular complexity index is 665. The lowest BCUT2D eigenvalue weighted by molar-refractivity contribution is 0.628. The molecule has 1 aromatic carbocycles. The molecule has 3 rings (SSSR count). The number of anilines is 2. The molecule has 0 saturated heterocycles. The molecule has 1 N–H and O–H groups in total. The van der Waals surface area contributed by atoms with Gasteiger partial charge in [0.15, 0.2) is 0 Å². The Kier molecular flexibility index (Phi) is 3.20. The Morgan fingerprint density at radius 2 is 1.89 bits per heavy atom. The lowest BCUT2D eigenvalue weighted by Gasteiger charge is -2.01. The molecule has 3 aromatic rings. The third-order valence-electron chi connectivity index (χ3n) is 2.50. The molecule has 0 saturated carbocycles. The van der Waals surface area contributed by atoms with E-state index in [-0.39, 0.29) is 5.82 Å². The quantitative estimate of drug-likeness (QED) is 0.779. The molecule has 94 valence electrons. The summed E-state index contributed by atoms with van der Waals surface area (Å²) in [6, 6.07) is 11.9. The highest BCUT2D eigenvalue weighted by Gasteiger charge is 2.05. The number of rotatable bonds is 3. The lowest BCUT2D eigenvalue weighted by atomic mass is 10.3. The molecule has 0 unspecified atom stereocenters. The van der Waals surface area contributed by atoms with Crippen LogP contribution in [0.15, 0.2) is 54.0 Å². The van der Waals surface area contributed by atoms with E-state index in [2.05, 4.69) is 15.3 Å². The first-order chi connectivity index (χ1) is 9.31. The smallest absolute Gasteiger partial charge is 0.144 e. The third kappa shape index (κ3) is 2.77. The number of benzene rings is 1. The van der Waals surface area contributed by atoms with E-state index in [1.54, 1.807) is 18.3 Å². The Labute approximate surface area is 113 Å². The number of hydrogen-bond donors (Lipinski definition) is 1. The van der Waals surface area contributed by atoms with Crippen molar-refractivity contribution in [2.75, 3.05) is 5.32 Å². The summed E-state index contributed by atoms with van der Waals surface area (Å²) in [6.45, 7) is 0. The predicted molar refractivity (Wildman–Crippen MR) is 75.0 cm³/mol. The summed E-state index contributed by atoms with van der Waals surface area (Å²) in [5.41, 5.74) is 1.65. The van der Waals surface area contributed by atoms with Crippen LogP contribution < -0.4 is 5.32 Å². The van der Waals surface area contributed by atoms with Crippen LogP contribution in [-0.4, -0.2) is 9.97 Å². The molecule has 3 nitrogen and oxygen atoms in total. The topological polar surface area (TPSA) is 37.8 Å². The van der Waals surface area contributed by atoms with E-state index in [4.69, 9.17) is 0 Å². The first-order valence-corrected chi connectivity index (χ1v) is 6.59. The minimum atomic E-state index is -0.252. The van der Waals surface area contributed by atoms with Crippen molar-refractivity contribution >= 4 is 22.8 Å². The van der Waals surface area contributed by atoms with Gasteiger partial charge in [-0.3, -0.25) is 4.98 Å². The minimum absolute atomic E-state index is 0.252. The Hall–Kier alpha value is -2.27. The molecule has 19 heavy (non-hydrogen) atoms. The summed E-state index contributed by atoms with van der Waals surface area (Å²) < 4.78 is 12.8. The SMILES string of the molecule is Fc1ccc(Nc2csc(-c3ccccn3)n2)cc1. The summed E-state index contributed by atoms with van der Waals surface area (Å²) in [6.07, 6.45) is 1.74. The van der Waals surface area contributed by atoms with Gasteiger partial charge in [-0.15, -0.1) is 11.3 Å². The molecule has 0 aliphatic rings. The maximum atomic E-state index is 12.8. The van der Waals surface area contributed by atoms with Crippen LogP contribution in [0.2, 0.25) is 0 Å². The van der Waals surface area contributed by atoms with Crippen molar-refractivity contribution in [3.63, 3.8) is 0 Å². The average molecular weight is 271 g/mol. The van der Waals surface area contributed by atoms with E-state index in [1.165, 1.54) is 23.5 Å². The molecule has 0 amide bonds. The summed E-state index contributed by atoms with van der Waals surface area (Å²) in [5.74, 6) is 0.482. The minimum Gasteiger partial charge on any atom is -0.340 e. The molecule has 0 fully saturated rings. The van der Waals surface area contributed by atoms with E-state index in [1.807, 2.05) is 23.6 Å². The van der Waals surface area contributed by atoms with Gasteiger partial charge < -0.3 is 5.32 Å². The van der Waals surface area contributed by atoms with Crippen molar-refractivity contribution in [3.8, 4) is 10.7 Å². The summed E-state index contributed by atoms with van der Waals surface area (Å²) >= 11 is 1.51. The highest BCUT2D eigenvalue weighted by atomic mass is 32.1. The Morgan fingerprint density at radius 1 is 1.05 bits per heavy atom. The number of hydrogen-bond acceptors (Lipinski definition) is 4. The van der Waals surface area contributed by atoms with E-state index in [0.717, 1.165) is 22.2 Å². The van der Waals surface area contributed by atoms with Gasteiger partial charge >= 0.3 is 0 Å². The fourth-order valence-electron chi connectivity index (χ4n) is 1.62. The van der Waals surface area contributed by atoms with Crippen molar-refractivity contribution in [2.45, 2.75) is 0 Å². The fraction of sp³-hybridized carbons (Fsp3) is 0. The Morgan fingerprint density at radius 3 is 2.63 bits per heavy atom. The van der Waals surface area contributed by atoms with Crippen LogP contribution in [0.1, 0.15) is 0 Å². The van der Waals surface area contributed by atoms with Crippen LogP contribution in [0.25, 0.3) is 10.7 Å². The van der Waals surface area contributed by atoms with Crippen molar-refractivity contribution in [2.24, 2.45) is 0 Å². The zero-order valence-corrected chi connectivity index (χ0v) is 10.7. The maximum absolute atomic E-state index is 12.8. The number of halogens is 1. The molecule has 0 aliphatic carbocycles. The Balaban J connectivity index is 1.80. The zero-order chi connectivity index (χ0) is 13.1. The van der Waals surface area contributed by atoms with E-state index in [0.29, 0.717) is 0 Å². The second kappa shape index (κ2) is 5.16. The first-order valence-electron chi connectivity index (χ1n) is 5.71.